The van der Waals surface area contributed by atoms with Crippen molar-refractivity contribution in [2.75, 3.05) is 19.6 Å². The molecular weight excluding hydrogens is 128 g/mol. The summed E-state index contributed by atoms with van der Waals surface area (Å²) in [7, 11) is 0. The van der Waals surface area contributed by atoms with Crippen LogP contribution in [-0.4, -0.2) is 30.8 Å². The Morgan fingerprint density at radius 1 is 1.30 bits per heavy atom. The highest BCUT2D eigenvalue weighted by Crippen LogP contribution is 2.05. The van der Waals surface area contributed by atoms with E-state index in [9.17, 15) is 0 Å². The Hall–Kier alpha value is -0.160. The van der Waals surface area contributed by atoms with E-state index in [1.807, 2.05) is 0 Å². The molecule has 2 rings (SSSR count). The third-order valence-corrected chi connectivity index (χ3v) is 2.08. The number of nitrogens with zero attached hydrogens (tertiary/aromatic N) is 1. The monoisotopic (exact) mass is 142 g/mol. The molecule has 1 unspecified atom stereocenters. The number of nitrogens with one attached hydrogen (secondary N) is 3. The molecular formula is C6H14N4. The Morgan fingerprint density at radius 2 is 2.30 bits per heavy atom. The molecule has 3 N–H and O–H groups in total. The van der Waals surface area contributed by atoms with E-state index in [1.165, 1.54) is 19.4 Å². The van der Waals surface area contributed by atoms with Crippen LogP contribution in [0.4, 0.5) is 0 Å². The van der Waals surface area contributed by atoms with Crippen LogP contribution in [0.15, 0.2) is 0 Å². The van der Waals surface area contributed by atoms with Crippen LogP contribution in [0.2, 0.25) is 0 Å². The van der Waals surface area contributed by atoms with Gasteiger partial charge in [-0.05, 0) is 12.8 Å². The molecule has 2 heterocycles. The van der Waals surface area contributed by atoms with Crippen molar-refractivity contribution in [3.8, 4) is 0 Å². The number of hydrogen-bond acceptors (Lipinski definition) is 4. The predicted molar refractivity (Wildman–Crippen MR) is 38.9 cm³/mol. The molecule has 10 heavy (non-hydrogen) atoms. The van der Waals surface area contributed by atoms with Crippen molar-refractivity contribution in [3.63, 3.8) is 0 Å². The molecule has 58 valence electrons. The van der Waals surface area contributed by atoms with E-state index < -0.39 is 0 Å². The Labute approximate surface area is 60.9 Å². The first-order valence-electron chi connectivity index (χ1n) is 3.95. The van der Waals surface area contributed by atoms with Crippen LogP contribution in [0.25, 0.3) is 0 Å². The minimum absolute atomic E-state index is 0.516. The van der Waals surface area contributed by atoms with Gasteiger partial charge in [-0.2, -0.15) is 0 Å². The minimum atomic E-state index is 0.516. The van der Waals surface area contributed by atoms with Crippen molar-refractivity contribution in [1.82, 2.24) is 21.3 Å². The average Bonchev–Trinajstić information content (AvgIpc) is 2.59. The Kier molecular flexibility index (Phi) is 1.86. The standard InChI is InChI=1S/C6H14N4/c1-3-8-10(5-1)6-2-4-7-9-6/h6-9H,1-5H2. The summed E-state index contributed by atoms with van der Waals surface area (Å²) in [6.45, 7) is 3.40. The highest BCUT2D eigenvalue weighted by atomic mass is 15.6. The van der Waals surface area contributed by atoms with Crippen LogP contribution in [0, 0.1) is 0 Å². The molecule has 0 aromatic heterocycles. The van der Waals surface area contributed by atoms with Crippen molar-refractivity contribution in [2.45, 2.75) is 19.0 Å². The summed E-state index contributed by atoms with van der Waals surface area (Å²) < 4.78 is 0. The van der Waals surface area contributed by atoms with Gasteiger partial charge in [-0.15, -0.1) is 0 Å². The lowest BCUT2D eigenvalue weighted by molar-refractivity contribution is 0.156. The van der Waals surface area contributed by atoms with E-state index >= 15 is 0 Å². The molecule has 0 aromatic carbocycles. The first-order chi connectivity index (χ1) is 4.97. The molecule has 4 nitrogen and oxygen atoms in total. The van der Waals surface area contributed by atoms with Gasteiger partial charge in [0.15, 0.2) is 0 Å². The lowest BCUT2D eigenvalue weighted by Gasteiger charge is -2.22. The van der Waals surface area contributed by atoms with Crippen LogP contribution in [0.3, 0.4) is 0 Å². The fraction of sp³-hybridized carbons (Fsp3) is 1.00. The van der Waals surface area contributed by atoms with E-state index in [1.54, 1.807) is 0 Å². The summed E-state index contributed by atoms with van der Waals surface area (Å²) in [6, 6.07) is 0. The van der Waals surface area contributed by atoms with Gasteiger partial charge in [-0.3, -0.25) is 10.9 Å². The van der Waals surface area contributed by atoms with Gasteiger partial charge >= 0.3 is 0 Å². The second-order valence-electron chi connectivity index (χ2n) is 2.83. The van der Waals surface area contributed by atoms with E-state index in [-0.39, 0.29) is 0 Å². The molecule has 0 aromatic rings. The first-order valence-corrected chi connectivity index (χ1v) is 3.95. The lowest BCUT2D eigenvalue weighted by atomic mass is 10.3. The van der Waals surface area contributed by atoms with Crippen molar-refractivity contribution in [1.29, 1.82) is 0 Å². The van der Waals surface area contributed by atoms with E-state index in [0.29, 0.717) is 6.17 Å². The van der Waals surface area contributed by atoms with Gasteiger partial charge < -0.3 is 0 Å². The number of hydrogen-bond donors (Lipinski definition) is 3. The third-order valence-electron chi connectivity index (χ3n) is 2.08. The summed E-state index contributed by atoms with van der Waals surface area (Å²) >= 11 is 0. The SMILES string of the molecule is C1CNN(C2CCNN2)C1. The van der Waals surface area contributed by atoms with Gasteiger partial charge in [-0.25, -0.2) is 10.4 Å². The van der Waals surface area contributed by atoms with E-state index in [4.69, 9.17) is 0 Å². The lowest BCUT2D eigenvalue weighted by Crippen LogP contribution is -2.47. The maximum atomic E-state index is 3.33. The van der Waals surface area contributed by atoms with Crippen LogP contribution < -0.4 is 16.3 Å². The van der Waals surface area contributed by atoms with Crippen molar-refractivity contribution in [2.24, 2.45) is 0 Å². The molecule has 0 amide bonds. The fourth-order valence-electron chi connectivity index (χ4n) is 1.52. The van der Waals surface area contributed by atoms with Crippen LogP contribution in [0.1, 0.15) is 12.8 Å². The fourth-order valence-corrected chi connectivity index (χ4v) is 1.52. The highest BCUT2D eigenvalue weighted by molar-refractivity contribution is 4.74. The van der Waals surface area contributed by atoms with Gasteiger partial charge in [0.05, 0.1) is 6.17 Å². The molecule has 0 aliphatic carbocycles. The molecule has 0 saturated carbocycles. The van der Waals surface area contributed by atoms with Crippen molar-refractivity contribution < 1.29 is 0 Å². The zero-order valence-corrected chi connectivity index (χ0v) is 6.06. The summed E-state index contributed by atoms with van der Waals surface area (Å²) in [5.41, 5.74) is 9.66. The topological polar surface area (TPSA) is 39.3 Å². The molecule has 2 saturated heterocycles. The zero-order chi connectivity index (χ0) is 6.81. The van der Waals surface area contributed by atoms with Gasteiger partial charge in [0.2, 0.25) is 0 Å². The molecule has 2 aliphatic heterocycles. The van der Waals surface area contributed by atoms with Crippen LogP contribution >= 0.6 is 0 Å². The predicted octanol–water partition coefficient (Wildman–Crippen LogP) is -0.979. The number of hydrazine groups is 2. The van der Waals surface area contributed by atoms with Gasteiger partial charge in [0.1, 0.15) is 0 Å². The van der Waals surface area contributed by atoms with Crippen molar-refractivity contribution in [3.05, 3.63) is 0 Å². The molecule has 0 spiro atoms. The number of rotatable bonds is 1. The Morgan fingerprint density at radius 3 is 2.90 bits per heavy atom. The summed E-state index contributed by atoms with van der Waals surface area (Å²) in [4.78, 5) is 0. The highest BCUT2D eigenvalue weighted by Gasteiger charge is 2.23. The molecule has 0 radical (unpaired) electrons. The molecule has 2 fully saturated rings. The first kappa shape index (κ1) is 6.54. The molecule has 2 aliphatic rings. The average molecular weight is 142 g/mol. The summed E-state index contributed by atoms with van der Waals surface area (Å²) in [5.74, 6) is 0. The molecule has 4 heteroatoms. The quantitative estimate of drug-likeness (QED) is 0.440. The van der Waals surface area contributed by atoms with Crippen molar-refractivity contribution >= 4 is 0 Å². The normalized spacial score (nSPS) is 35.4. The van der Waals surface area contributed by atoms with E-state index in [2.05, 4.69) is 21.3 Å². The van der Waals surface area contributed by atoms with Gasteiger partial charge in [0.25, 0.3) is 0 Å². The smallest absolute Gasteiger partial charge is 0.0872 e. The van der Waals surface area contributed by atoms with Crippen LogP contribution in [-0.2, 0) is 0 Å². The zero-order valence-electron chi connectivity index (χ0n) is 6.06. The van der Waals surface area contributed by atoms with Crippen LogP contribution in [0.5, 0.6) is 0 Å². The largest absolute Gasteiger partial charge is 0.256 e. The maximum Gasteiger partial charge on any atom is 0.0872 e. The third kappa shape index (κ3) is 1.15. The summed E-state index contributed by atoms with van der Waals surface area (Å²) in [6.07, 6.45) is 2.99. The minimum Gasteiger partial charge on any atom is -0.256 e. The van der Waals surface area contributed by atoms with E-state index in [0.717, 1.165) is 13.1 Å². The second-order valence-corrected chi connectivity index (χ2v) is 2.83. The molecule has 0 bridgehead atoms. The van der Waals surface area contributed by atoms with Gasteiger partial charge in [0, 0.05) is 19.6 Å². The Balaban J connectivity index is 1.85. The molecule has 1 atom stereocenters. The Bertz CT molecular complexity index is 90.3. The summed E-state index contributed by atoms with van der Waals surface area (Å²) in [5, 5.41) is 2.28. The maximum absolute atomic E-state index is 3.33. The van der Waals surface area contributed by atoms with Gasteiger partial charge in [-0.1, -0.05) is 0 Å². The second kappa shape index (κ2) is 2.84.